The molecule has 8 nitrogen and oxygen atoms in total. The summed E-state index contributed by atoms with van der Waals surface area (Å²) in [7, 11) is 0. The molecule has 6 fully saturated rings. The van der Waals surface area contributed by atoms with Crippen molar-refractivity contribution in [1.29, 1.82) is 0 Å². The Hall–Kier alpha value is -2.16. The SMILES string of the molecule is CC(=O)NC1C2CC3CC1CC(C2)C31OOC2(CCC(c3ccc(OCC(=O)O)cc3)CC2)O1. The molecule has 4 bridgehead atoms. The lowest BCUT2D eigenvalue weighted by atomic mass is 9.51. The van der Waals surface area contributed by atoms with E-state index in [1.54, 1.807) is 6.92 Å². The summed E-state index contributed by atoms with van der Waals surface area (Å²) < 4.78 is 12.1. The number of carbonyl (C=O) groups excluding carboxylic acids is 1. The van der Waals surface area contributed by atoms with Crippen molar-refractivity contribution in [3.8, 4) is 5.75 Å². The molecular formula is C26H33NO7. The van der Waals surface area contributed by atoms with Crippen LogP contribution in [0.3, 0.4) is 0 Å². The predicted octanol–water partition coefficient (Wildman–Crippen LogP) is 3.75. The van der Waals surface area contributed by atoms with Gasteiger partial charge in [0.2, 0.25) is 17.5 Å². The molecule has 0 aromatic heterocycles. The second-order valence-corrected chi connectivity index (χ2v) is 11.0. The molecule has 1 aliphatic heterocycles. The van der Waals surface area contributed by atoms with Crippen molar-refractivity contribution >= 4 is 11.9 Å². The molecular weight excluding hydrogens is 438 g/mol. The van der Waals surface area contributed by atoms with Crippen molar-refractivity contribution in [2.45, 2.75) is 81.8 Å². The van der Waals surface area contributed by atoms with E-state index in [9.17, 15) is 9.59 Å². The molecule has 1 heterocycles. The number of carboxylic acid groups (broad SMARTS) is 1. The molecule has 1 saturated heterocycles. The Bertz CT molecular complexity index is 922. The minimum atomic E-state index is -0.982. The molecule has 0 atom stereocenters. The van der Waals surface area contributed by atoms with Crippen LogP contribution in [0.15, 0.2) is 24.3 Å². The average Bonchev–Trinajstić information content (AvgIpc) is 3.17. The van der Waals surface area contributed by atoms with Gasteiger partial charge in [0.15, 0.2) is 6.61 Å². The molecule has 2 N–H and O–H groups in total. The largest absolute Gasteiger partial charge is 0.482 e. The molecule has 34 heavy (non-hydrogen) atoms. The molecule has 184 valence electrons. The smallest absolute Gasteiger partial charge is 0.341 e. The second kappa shape index (κ2) is 8.21. The molecule has 5 aliphatic carbocycles. The summed E-state index contributed by atoms with van der Waals surface area (Å²) in [6, 6.07) is 8.03. The molecule has 0 unspecified atom stereocenters. The summed E-state index contributed by atoms with van der Waals surface area (Å²) in [5, 5.41) is 12.0. The number of hydrogen-bond acceptors (Lipinski definition) is 6. The van der Waals surface area contributed by atoms with Crippen LogP contribution in [0, 0.1) is 23.7 Å². The van der Waals surface area contributed by atoms with Crippen LogP contribution in [-0.2, 0) is 24.1 Å². The second-order valence-electron chi connectivity index (χ2n) is 11.0. The first kappa shape index (κ1) is 22.3. The van der Waals surface area contributed by atoms with Gasteiger partial charge in [-0.1, -0.05) is 12.1 Å². The van der Waals surface area contributed by atoms with E-state index in [1.165, 1.54) is 5.56 Å². The Morgan fingerprint density at radius 2 is 1.65 bits per heavy atom. The first-order valence-corrected chi connectivity index (χ1v) is 12.6. The number of carboxylic acids is 1. The number of benzene rings is 1. The highest BCUT2D eigenvalue weighted by Crippen LogP contribution is 2.64. The Labute approximate surface area is 199 Å². The molecule has 1 aromatic carbocycles. The standard InChI is InChI=1S/C26H33NO7/c1-15(28)27-24-18-10-20-12-19(24)13-21(11-18)26(20)32-25(33-34-26)8-6-17(7-9-25)16-2-4-22(5-3-16)31-14-23(29)30/h2-5,17-21,24H,6-14H2,1H3,(H,27,28)(H,29,30). The molecule has 1 amide bonds. The molecule has 6 aliphatic rings. The third kappa shape index (κ3) is 3.71. The van der Waals surface area contributed by atoms with Crippen LogP contribution in [0.5, 0.6) is 5.75 Å². The van der Waals surface area contributed by atoms with E-state index in [4.69, 9.17) is 24.4 Å². The normalized spacial score (nSPS) is 42.3. The fraction of sp³-hybridized carbons (Fsp3) is 0.692. The summed E-state index contributed by atoms with van der Waals surface area (Å²) in [4.78, 5) is 34.6. The predicted molar refractivity (Wildman–Crippen MR) is 120 cm³/mol. The van der Waals surface area contributed by atoms with Gasteiger partial charge in [0.05, 0.1) is 0 Å². The number of rotatable bonds is 5. The minimum absolute atomic E-state index is 0.0713. The van der Waals surface area contributed by atoms with Gasteiger partial charge in [-0.15, -0.1) is 0 Å². The van der Waals surface area contributed by atoms with Gasteiger partial charge in [-0.25, -0.2) is 4.79 Å². The molecule has 5 saturated carbocycles. The van der Waals surface area contributed by atoms with E-state index < -0.39 is 17.5 Å². The zero-order chi connectivity index (χ0) is 23.5. The Balaban J connectivity index is 1.08. The summed E-state index contributed by atoms with van der Waals surface area (Å²) >= 11 is 0. The molecule has 8 heteroatoms. The van der Waals surface area contributed by atoms with E-state index in [0.717, 1.165) is 51.4 Å². The van der Waals surface area contributed by atoms with Gasteiger partial charge in [0.25, 0.3) is 0 Å². The van der Waals surface area contributed by atoms with Crippen LogP contribution >= 0.6 is 0 Å². The molecule has 7 rings (SSSR count). The van der Waals surface area contributed by atoms with Gasteiger partial charge in [0.1, 0.15) is 5.75 Å². The summed E-state index contributed by atoms with van der Waals surface area (Å²) in [5.74, 6) is 0.465. The maximum atomic E-state index is 11.7. The van der Waals surface area contributed by atoms with Gasteiger partial charge < -0.3 is 19.9 Å². The van der Waals surface area contributed by atoms with Crippen LogP contribution in [0.1, 0.15) is 69.8 Å². The van der Waals surface area contributed by atoms with E-state index in [0.29, 0.717) is 41.4 Å². The topological polar surface area (TPSA) is 103 Å². The monoisotopic (exact) mass is 471 g/mol. The number of hydrogen-bond donors (Lipinski definition) is 2. The van der Waals surface area contributed by atoms with Crippen molar-refractivity contribution in [3.63, 3.8) is 0 Å². The third-order valence-corrected chi connectivity index (χ3v) is 9.00. The van der Waals surface area contributed by atoms with Crippen LogP contribution in [0.4, 0.5) is 0 Å². The highest BCUT2D eigenvalue weighted by molar-refractivity contribution is 5.73. The van der Waals surface area contributed by atoms with E-state index in [2.05, 4.69) is 5.32 Å². The van der Waals surface area contributed by atoms with Crippen LogP contribution in [0.2, 0.25) is 0 Å². The lowest BCUT2D eigenvalue weighted by Crippen LogP contribution is -2.65. The Kier molecular flexibility index (Phi) is 5.39. The highest BCUT2D eigenvalue weighted by Gasteiger charge is 2.68. The average molecular weight is 472 g/mol. The minimum Gasteiger partial charge on any atom is -0.482 e. The maximum Gasteiger partial charge on any atom is 0.341 e. The molecule has 1 aromatic rings. The first-order chi connectivity index (χ1) is 16.4. The van der Waals surface area contributed by atoms with Crippen molar-refractivity contribution < 1.29 is 33.9 Å². The van der Waals surface area contributed by atoms with Crippen molar-refractivity contribution in [2.75, 3.05) is 6.61 Å². The fourth-order valence-electron chi connectivity index (χ4n) is 7.61. The van der Waals surface area contributed by atoms with Crippen LogP contribution < -0.4 is 10.1 Å². The van der Waals surface area contributed by atoms with Crippen LogP contribution in [-0.4, -0.2) is 41.2 Å². The number of amides is 1. The van der Waals surface area contributed by atoms with Crippen molar-refractivity contribution in [1.82, 2.24) is 5.32 Å². The lowest BCUT2D eigenvalue weighted by molar-refractivity contribution is -0.391. The van der Waals surface area contributed by atoms with E-state index in [-0.39, 0.29) is 12.5 Å². The Morgan fingerprint density at radius 3 is 2.21 bits per heavy atom. The molecule has 0 radical (unpaired) electrons. The van der Waals surface area contributed by atoms with E-state index in [1.807, 2.05) is 24.3 Å². The van der Waals surface area contributed by atoms with Gasteiger partial charge in [-0.2, -0.15) is 9.78 Å². The van der Waals surface area contributed by atoms with Crippen molar-refractivity contribution in [3.05, 3.63) is 29.8 Å². The summed E-state index contributed by atoms with van der Waals surface area (Å²) in [6.45, 7) is 1.28. The lowest BCUT2D eigenvalue weighted by Gasteiger charge is -2.60. The third-order valence-electron chi connectivity index (χ3n) is 9.00. The van der Waals surface area contributed by atoms with Gasteiger partial charge in [-0.3, -0.25) is 4.79 Å². The maximum absolute atomic E-state index is 11.7. The van der Waals surface area contributed by atoms with Gasteiger partial charge >= 0.3 is 5.97 Å². The number of nitrogens with one attached hydrogen (secondary N) is 1. The number of aliphatic carboxylic acids is 1. The highest BCUT2D eigenvalue weighted by atomic mass is 17.3. The van der Waals surface area contributed by atoms with Crippen LogP contribution in [0.25, 0.3) is 0 Å². The zero-order valence-corrected chi connectivity index (χ0v) is 19.5. The first-order valence-electron chi connectivity index (χ1n) is 12.6. The molecule has 2 spiro atoms. The van der Waals surface area contributed by atoms with E-state index >= 15 is 0 Å². The van der Waals surface area contributed by atoms with Gasteiger partial charge in [0, 0.05) is 37.6 Å². The Morgan fingerprint density at radius 1 is 1.03 bits per heavy atom. The summed E-state index contributed by atoms with van der Waals surface area (Å²) in [5.41, 5.74) is 1.23. The number of carbonyl (C=O) groups is 2. The van der Waals surface area contributed by atoms with Gasteiger partial charge in [-0.05, 0) is 74.0 Å². The summed E-state index contributed by atoms with van der Waals surface area (Å²) in [6.07, 6.45) is 7.56. The fourth-order valence-corrected chi connectivity index (χ4v) is 7.61. The zero-order valence-electron chi connectivity index (χ0n) is 19.5. The number of ether oxygens (including phenoxy) is 2. The quantitative estimate of drug-likeness (QED) is 0.631. The van der Waals surface area contributed by atoms with Crippen molar-refractivity contribution in [2.24, 2.45) is 23.7 Å².